The van der Waals surface area contributed by atoms with Crippen molar-refractivity contribution in [1.82, 2.24) is 0 Å². The van der Waals surface area contributed by atoms with E-state index >= 15 is 0 Å². The molecule has 2 nitrogen and oxygen atoms in total. The molecule has 0 fully saturated rings. The van der Waals surface area contributed by atoms with Crippen molar-refractivity contribution in [3.8, 4) is 0 Å². The molecule has 0 radical (unpaired) electrons. The molecule has 0 bridgehead atoms. The number of hydrogen-bond donors (Lipinski definition) is 0. The predicted molar refractivity (Wildman–Crippen MR) is 23.6 cm³/mol. The molecular weight excluding hydrogens is 86.1 g/mol. The molecule has 0 heterocycles. The fourth-order valence-electron chi connectivity index (χ4n) is 0.0304. The van der Waals surface area contributed by atoms with Crippen molar-refractivity contribution in [2.24, 2.45) is 4.58 Å². The molecule has 3 heteroatoms. The minimum Gasteiger partial charge on any atom is -0.137 e. The van der Waals surface area contributed by atoms with Crippen molar-refractivity contribution in [2.45, 2.75) is 0 Å². The van der Waals surface area contributed by atoms with Gasteiger partial charge < -0.3 is 0 Å². The van der Waals surface area contributed by atoms with Crippen LogP contribution in [0.3, 0.4) is 0 Å². The summed E-state index contributed by atoms with van der Waals surface area (Å²) in [6, 6.07) is 0. The van der Waals surface area contributed by atoms with E-state index in [4.69, 9.17) is 4.91 Å². The number of hydrogen-bond acceptors (Lipinski definition) is 3. The van der Waals surface area contributed by atoms with Gasteiger partial charge in [-0.15, -0.1) is 4.91 Å². The topological polar surface area (TPSA) is 29.4 Å². The average Bonchev–Trinajstić information content (AvgIpc) is 1.41. The lowest BCUT2D eigenvalue weighted by Crippen LogP contribution is -1.25. The second-order valence-electron chi connectivity index (χ2n) is 0.347. The highest BCUT2D eigenvalue weighted by Gasteiger charge is 1.59. The van der Waals surface area contributed by atoms with Crippen LogP contribution in [0.2, 0.25) is 0 Å². The van der Waals surface area contributed by atoms with Crippen LogP contribution in [0.5, 0.6) is 0 Å². The summed E-state index contributed by atoms with van der Waals surface area (Å²) in [5, 5.41) is 1.37. The molecule has 28 valence electrons. The molecule has 0 rings (SSSR count). The largest absolute Gasteiger partial charge is 0.137 e. The van der Waals surface area contributed by atoms with Gasteiger partial charge in [-0.3, -0.25) is 0 Å². The molecule has 0 aromatic rings. The van der Waals surface area contributed by atoms with Crippen molar-refractivity contribution < 1.29 is 0 Å². The van der Waals surface area contributed by atoms with Gasteiger partial charge >= 0.3 is 0 Å². The van der Waals surface area contributed by atoms with E-state index < -0.39 is 0 Å². The number of rotatable bonds is 2. The van der Waals surface area contributed by atoms with E-state index in [1.54, 1.807) is 0 Å². The van der Waals surface area contributed by atoms with Gasteiger partial charge in [-0.05, 0) is 5.41 Å². The summed E-state index contributed by atoms with van der Waals surface area (Å²) in [4.78, 5) is 9.05. The Kier molecular flexibility index (Phi) is 3.46. The average molecular weight is 89.1 g/mol. The monoisotopic (exact) mass is 89.0 g/mol. The third-order valence-electron chi connectivity index (χ3n) is 0.118. The Morgan fingerprint density at radius 1 is 2.00 bits per heavy atom. The zero-order valence-corrected chi connectivity index (χ0v) is 3.36. The van der Waals surface area contributed by atoms with E-state index in [9.17, 15) is 0 Å². The summed E-state index contributed by atoms with van der Waals surface area (Å²) in [5.41, 5.74) is 0. The molecule has 0 spiro atoms. The third kappa shape index (κ3) is 3.69. The van der Waals surface area contributed by atoms with Crippen LogP contribution in [0.4, 0.5) is 0 Å². The van der Waals surface area contributed by atoms with Gasteiger partial charge in [0.25, 0.3) is 0 Å². The van der Waals surface area contributed by atoms with Crippen molar-refractivity contribution in [2.75, 3.05) is 0 Å². The molecule has 0 aromatic carbocycles. The van der Waals surface area contributed by atoms with E-state index in [1.807, 2.05) is 0 Å². The Balaban J connectivity index is 2.65. The molecule has 0 aliphatic carbocycles. The van der Waals surface area contributed by atoms with Gasteiger partial charge in [0.2, 0.25) is 0 Å². The predicted octanol–water partition coefficient (Wildman–Crippen LogP) is 1.54. The molecule has 0 aliphatic rings. The van der Waals surface area contributed by atoms with Gasteiger partial charge in [0, 0.05) is 16.5 Å². The molecular formula is C2H3NOS. The number of nitroso groups, excluding NO2 is 1. The zero-order valence-electron chi connectivity index (χ0n) is 2.55. The maximum absolute atomic E-state index is 9.05. The van der Waals surface area contributed by atoms with Crippen LogP contribution in [-0.2, 0) is 0 Å². The molecule has 5 heavy (non-hydrogen) atoms. The second-order valence-corrected chi connectivity index (χ2v) is 1.04. The summed E-state index contributed by atoms with van der Waals surface area (Å²) < 4.78 is 2.40. The quantitative estimate of drug-likeness (QED) is 0.379. The first kappa shape index (κ1) is 4.69. The SMILES string of the molecule is C=CSN=O. The first-order valence-corrected chi connectivity index (χ1v) is 1.85. The molecule has 0 unspecified atom stereocenters. The van der Waals surface area contributed by atoms with E-state index in [2.05, 4.69) is 11.2 Å². The van der Waals surface area contributed by atoms with Gasteiger partial charge in [-0.1, -0.05) is 6.58 Å². The highest BCUT2D eigenvalue weighted by atomic mass is 32.2. The Bertz CT molecular complexity index is 38.9. The van der Waals surface area contributed by atoms with Gasteiger partial charge in [-0.25, -0.2) is 0 Å². The fourth-order valence-corrected chi connectivity index (χ4v) is 0.0913. The molecule has 0 atom stereocenters. The Morgan fingerprint density at radius 2 is 2.60 bits per heavy atom. The van der Waals surface area contributed by atoms with Gasteiger partial charge in [0.05, 0.1) is 0 Å². The van der Waals surface area contributed by atoms with E-state index in [0.717, 1.165) is 11.9 Å². The van der Waals surface area contributed by atoms with E-state index in [-0.39, 0.29) is 0 Å². The van der Waals surface area contributed by atoms with Crippen LogP contribution in [-0.4, -0.2) is 0 Å². The summed E-state index contributed by atoms with van der Waals surface area (Å²) in [7, 11) is 0. The van der Waals surface area contributed by atoms with Crippen molar-refractivity contribution in [3.63, 3.8) is 0 Å². The van der Waals surface area contributed by atoms with Crippen LogP contribution in [0, 0.1) is 4.91 Å². The Morgan fingerprint density at radius 3 is 2.60 bits per heavy atom. The second kappa shape index (κ2) is 3.69. The summed E-state index contributed by atoms with van der Waals surface area (Å²) in [6.07, 6.45) is 0. The van der Waals surface area contributed by atoms with Gasteiger partial charge in [-0.2, -0.15) is 0 Å². The van der Waals surface area contributed by atoms with Crippen molar-refractivity contribution in [3.05, 3.63) is 16.9 Å². The Labute approximate surface area is 34.4 Å². The Hall–Kier alpha value is -0.310. The third-order valence-corrected chi connectivity index (χ3v) is 0.353. The molecule has 0 saturated carbocycles. The highest BCUT2D eigenvalue weighted by Crippen LogP contribution is 1.96. The van der Waals surface area contributed by atoms with Crippen LogP contribution in [0.1, 0.15) is 0 Å². The maximum Gasteiger partial charge on any atom is 0.0484 e. The smallest absolute Gasteiger partial charge is 0.0484 e. The first-order valence-electron chi connectivity index (χ1n) is 1.01. The van der Waals surface area contributed by atoms with Gasteiger partial charge in [0.15, 0.2) is 0 Å². The lowest BCUT2D eigenvalue weighted by Gasteiger charge is -1.57. The van der Waals surface area contributed by atoms with E-state index in [0.29, 0.717) is 0 Å². The highest BCUT2D eigenvalue weighted by molar-refractivity contribution is 8.00. The van der Waals surface area contributed by atoms with Crippen LogP contribution < -0.4 is 0 Å². The summed E-state index contributed by atoms with van der Waals surface area (Å²) >= 11 is 0.796. The minimum atomic E-state index is 0.796. The summed E-state index contributed by atoms with van der Waals surface area (Å²) in [5.74, 6) is 0. The standard InChI is InChI=1S/C2H3NOS/c1-2-5-3-4/h2H,1H2. The number of nitrogens with zero attached hydrogens (tertiary/aromatic N) is 1. The lowest BCUT2D eigenvalue weighted by atomic mass is 11.3. The lowest BCUT2D eigenvalue weighted by molar-refractivity contribution is 1.89. The maximum atomic E-state index is 9.05. The first-order chi connectivity index (χ1) is 2.41. The van der Waals surface area contributed by atoms with Crippen LogP contribution in [0.25, 0.3) is 0 Å². The van der Waals surface area contributed by atoms with Crippen molar-refractivity contribution >= 4 is 11.9 Å². The van der Waals surface area contributed by atoms with Gasteiger partial charge in [0.1, 0.15) is 0 Å². The van der Waals surface area contributed by atoms with Crippen LogP contribution >= 0.6 is 11.9 Å². The minimum absolute atomic E-state index is 0.796. The summed E-state index contributed by atoms with van der Waals surface area (Å²) in [6.45, 7) is 3.22. The molecule has 0 aliphatic heterocycles. The normalized spacial score (nSPS) is 6.40. The zero-order chi connectivity index (χ0) is 4.12. The fraction of sp³-hybridized carbons (Fsp3) is 0. The molecule has 0 N–H and O–H groups in total. The molecule has 0 amide bonds. The molecule has 0 aromatic heterocycles. The van der Waals surface area contributed by atoms with Crippen LogP contribution in [0.15, 0.2) is 16.6 Å². The molecule has 0 saturated heterocycles. The van der Waals surface area contributed by atoms with Crippen molar-refractivity contribution in [1.29, 1.82) is 0 Å². The van der Waals surface area contributed by atoms with E-state index in [1.165, 1.54) is 5.41 Å².